The van der Waals surface area contributed by atoms with E-state index in [1.54, 1.807) is 4.57 Å². The molecule has 4 rings (SSSR count). The van der Waals surface area contributed by atoms with Gasteiger partial charge in [-0.1, -0.05) is 0 Å². The van der Waals surface area contributed by atoms with E-state index in [4.69, 9.17) is 4.74 Å². The summed E-state index contributed by atoms with van der Waals surface area (Å²) in [6.07, 6.45) is 3.95. The van der Waals surface area contributed by atoms with Crippen LogP contribution in [0.15, 0.2) is 16.9 Å². The number of aryl methyl sites for hydroxylation is 1. The van der Waals surface area contributed by atoms with E-state index in [9.17, 15) is 9.18 Å². The lowest BCUT2D eigenvalue weighted by Gasteiger charge is -2.39. The van der Waals surface area contributed by atoms with E-state index in [2.05, 4.69) is 9.88 Å². The third kappa shape index (κ3) is 2.78. The molecule has 6 heteroatoms. The predicted molar refractivity (Wildman–Crippen MR) is 90.9 cm³/mol. The van der Waals surface area contributed by atoms with Crippen molar-refractivity contribution in [2.45, 2.75) is 44.7 Å². The molecule has 0 atom stereocenters. The molecule has 130 valence electrons. The van der Waals surface area contributed by atoms with Crippen molar-refractivity contribution < 1.29 is 9.13 Å². The summed E-state index contributed by atoms with van der Waals surface area (Å²) in [5.41, 5.74) is 1.65. The monoisotopic (exact) mass is 333 g/mol. The number of H-pyrrole nitrogens is 1. The maximum absolute atomic E-state index is 14.4. The van der Waals surface area contributed by atoms with Gasteiger partial charge in [-0.3, -0.25) is 4.57 Å². The standard InChI is InChI=1S/C18H24FN3O2/c1-12-10-15(19)17-16(11-12)20-18(23)22(17)14-2-6-21(7-3-14)13-4-8-24-9-5-13/h10-11,13-14H,2-9H2,1H3,(H,20,23). The van der Waals surface area contributed by atoms with Gasteiger partial charge in [0.05, 0.1) is 5.52 Å². The van der Waals surface area contributed by atoms with Gasteiger partial charge in [0.25, 0.3) is 0 Å². The number of piperidine rings is 1. The van der Waals surface area contributed by atoms with E-state index < -0.39 is 0 Å². The Morgan fingerprint density at radius 3 is 2.54 bits per heavy atom. The average Bonchev–Trinajstić information content (AvgIpc) is 2.92. The molecule has 0 unspecified atom stereocenters. The molecular formula is C18H24FN3O2. The Balaban J connectivity index is 1.56. The second-order valence-corrected chi connectivity index (χ2v) is 7.05. The quantitative estimate of drug-likeness (QED) is 0.919. The lowest BCUT2D eigenvalue weighted by atomic mass is 9.99. The molecule has 0 amide bonds. The van der Waals surface area contributed by atoms with Crippen LogP contribution in [0.3, 0.4) is 0 Å². The highest BCUT2D eigenvalue weighted by Gasteiger charge is 2.29. The van der Waals surface area contributed by atoms with Crippen LogP contribution in [0.1, 0.15) is 37.3 Å². The fraction of sp³-hybridized carbons (Fsp3) is 0.611. The number of hydrogen-bond acceptors (Lipinski definition) is 3. The highest BCUT2D eigenvalue weighted by molar-refractivity contribution is 5.77. The molecule has 0 bridgehead atoms. The van der Waals surface area contributed by atoms with E-state index in [1.807, 2.05) is 13.0 Å². The fourth-order valence-corrected chi connectivity index (χ4v) is 4.26. The molecule has 1 N–H and O–H groups in total. The molecule has 2 fully saturated rings. The molecule has 2 aromatic rings. The Labute approximate surface area is 140 Å². The zero-order valence-electron chi connectivity index (χ0n) is 14.1. The summed E-state index contributed by atoms with van der Waals surface area (Å²) in [6.45, 7) is 5.45. The molecule has 0 aliphatic carbocycles. The minimum atomic E-state index is -0.310. The molecule has 1 aromatic carbocycles. The summed E-state index contributed by atoms with van der Waals surface area (Å²) in [6, 6.07) is 4.01. The number of nitrogens with zero attached hydrogens (tertiary/aromatic N) is 2. The molecule has 0 saturated carbocycles. The van der Waals surface area contributed by atoms with E-state index in [-0.39, 0.29) is 17.5 Å². The van der Waals surface area contributed by atoms with Crippen molar-refractivity contribution in [1.29, 1.82) is 0 Å². The SMILES string of the molecule is Cc1cc(F)c2c(c1)[nH]c(=O)n2C1CCN(C2CCOCC2)CC1. The van der Waals surface area contributed by atoms with Gasteiger partial charge in [-0.25, -0.2) is 9.18 Å². The van der Waals surface area contributed by atoms with Crippen LogP contribution < -0.4 is 5.69 Å². The van der Waals surface area contributed by atoms with E-state index in [0.29, 0.717) is 17.1 Å². The van der Waals surface area contributed by atoms with Gasteiger partial charge in [0, 0.05) is 38.4 Å². The number of hydrogen-bond donors (Lipinski definition) is 1. The summed E-state index contributed by atoms with van der Waals surface area (Å²) >= 11 is 0. The molecule has 0 radical (unpaired) electrons. The molecule has 24 heavy (non-hydrogen) atoms. The Morgan fingerprint density at radius 2 is 1.83 bits per heavy atom. The maximum Gasteiger partial charge on any atom is 0.326 e. The first-order valence-corrected chi connectivity index (χ1v) is 8.85. The second kappa shape index (κ2) is 6.33. The van der Waals surface area contributed by atoms with Gasteiger partial charge in [0.2, 0.25) is 0 Å². The molecule has 2 saturated heterocycles. The highest BCUT2D eigenvalue weighted by atomic mass is 19.1. The zero-order valence-corrected chi connectivity index (χ0v) is 14.1. The Kier molecular flexibility index (Phi) is 4.18. The molecule has 5 nitrogen and oxygen atoms in total. The van der Waals surface area contributed by atoms with Crippen LogP contribution in [-0.4, -0.2) is 46.8 Å². The number of aromatic amines is 1. The van der Waals surface area contributed by atoms with Gasteiger partial charge in [-0.2, -0.15) is 0 Å². The van der Waals surface area contributed by atoms with Crippen molar-refractivity contribution in [3.63, 3.8) is 0 Å². The maximum atomic E-state index is 14.4. The lowest BCUT2D eigenvalue weighted by molar-refractivity contribution is 0.0220. The molecule has 0 spiro atoms. The number of fused-ring (bicyclic) bond motifs is 1. The van der Waals surface area contributed by atoms with Crippen LogP contribution >= 0.6 is 0 Å². The third-order valence-electron chi connectivity index (χ3n) is 5.48. The number of ether oxygens (including phenoxy) is 1. The number of benzene rings is 1. The Bertz CT molecular complexity index is 783. The van der Waals surface area contributed by atoms with Gasteiger partial charge in [0.1, 0.15) is 11.3 Å². The van der Waals surface area contributed by atoms with Crippen molar-refractivity contribution in [3.8, 4) is 0 Å². The number of aromatic nitrogens is 2. The van der Waals surface area contributed by atoms with E-state index in [1.165, 1.54) is 6.07 Å². The summed E-state index contributed by atoms with van der Waals surface area (Å²) in [5.74, 6) is -0.310. The largest absolute Gasteiger partial charge is 0.381 e. The predicted octanol–water partition coefficient (Wildman–Crippen LogP) is 2.59. The second-order valence-electron chi connectivity index (χ2n) is 7.05. The zero-order chi connectivity index (χ0) is 16.7. The van der Waals surface area contributed by atoms with Crippen LogP contribution in [0, 0.1) is 12.7 Å². The fourth-order valence-electron chi connectivity index (χ4n) is 4.26. The number of rotatable bonds is 2. The smallest absolute Gasteiger partial charge is 0.326 e. The van der Waals surface area contributed by atoms with Crippen LogP contribution in [-0.2, 0) is 4.74 Å². The molecule has 2 aliphatic heterocycles. The van der Waals surface area contributed by atoms with Crippen LogP contribution in [0.2, 0.25) is 0 Å². The van der Waals surface area contributed by atoms with Crippen LogP contribution in [0.5, 0.6) is 0 Å². The van der Waals surface area contributed by atoms with Crippen molar-refractivity contribution in [2.24, 2.45) is 0 Å². The van der Waals surface area contributed by atoms with E-state index >= 15 is 0 Å². The van der Waals surface area contributed by atoms with Gasteiger partial charge < -0.3 is 14.6 Å². The van der Waals surface area contributed by atoms with Crippen molar-refractivity contribution in [2.75, 3.05) is 26.3 Å². The topological polar surface area (TPSA) is 50.3 Å². The van der Waals surface area contributed by atoms with Gasteiger partial charge in [-0.05, 0) is 50.3 Å². The van der Waals surface area contributed by atoms with E-state index in [0.717, 1.165) is 57.6 Å². The summed E-state index contributed by atoms with van der Waals surface area (Å²) in [4.78, 5) is 17.7. The number of imidazole rings is 1. The highest BCUT2D eigenvalue weighted by Crippen LogP contribution is 2.29. The Morgan fingerprint density at radius 1 is 1.12 bits per heavy atom. The van der Waals surface area contributed by atoms with Gasteiger partial charge in [0.15, 0.2) is 0 Å². The van der Waals surface area contributed by atoms with Crippen molar-refractivity contribution in [1.82, 2.24) is 14.5 Å². The first-order valence-electron chi connectivity index (χ1n) is 8.85. The minimum Gasteiger partial charge on any atom is -0.381 e. The molecule has 2 aliphatic rings. The minimum absolute atomic E-state index is 0.0690. The van der Waals surface area contributed by atoms with Gasteiger partial charge >= 0.3 is 5.69 Å². The Hall–Kier alpha value is -1.66. The summed E-state index contributed by atoms with van der Waals surface area (Å²) in [7, 11) is 0. The third-order valence-corrected chi connectivity index (χ3v) is 5.48. The van der Waals surface area contributed by atoms with Gasteiger partial charge in [-0.15, -0.1) is 0 Å². The van der Waals surface area contributed by atoms with Crippen molar-refractivity contribution >= 4 is 11.0 Å². The molecule has 1 aromatic heterocycles. The summed E-state index contributed by atoms with van der Waals surface area (Å²) < 4.78 is 21.5. The number of likely N-dealkylation sites (tertiary alicyclic amines) is 1. The molecular weight excluding hydrogens is 309 g/mol. The van der Waals surface area contributed by atoms with Crippen molar-refractivity contribution in [3.05, 3.63) is 34.0 Å². The number of halogens is 1. The summed E-state index contributed by atoms with van der Waals surface area (Å²) in [5, 5.41) is 0. The first kappa shape index (κ1) is 15.8. The molecule has 3 heterocycles. The average molecular weight is 333 g/mol. The van der Waals surface area contributed by atoms with Crippen LogP contribution in [0.25, 0.3) is 11.0 Å². The number of nitrogens with one attached hydrogen (secondary N) is 1. The normalized spacial score (nSPS) is 21.6. The first-order chi connectivity index (χ1) is 11.6. The van der Waals surface area contributed by atoms with Crippen LogP contribution in [0.4, 0.5) is 4.39 Å². The lowest BCUT2D eigenvalue weighted by Crippen LogP contribution is -2.45.